The third-order valence-corrected chi connectivity index (χ3v) is 2.85. The van der Waals surface area contributed by atoms with E-state index in [2.05, 4.69) is 22.4 Å². The van der Waals surface area contributed by atoms with Crippen molar-refractivity contribution in [2.45, 2.75) is 26.4 Å². The number of halogens is 1. The molecule has 0 fully saturated rings. The highest BCUT2D eigenvalue weighted by Crippen LogP contribution is 2.21. The summed E-state index contributed by atoms with van der Waals surface area (Å²) < 4.78 is 5.76. The summed E-state index contributed by atoms with van der Waals surface area (Å²) in [5.41, 5.74) is 0.900. The van der Waals surface area contributed by atoms with Crippen molar-refractivity contribution in [1.29, 1.82) is 0 Å². The second-order valence-electron chi connectivity index (χ2n) is 4.23. The Morgan fingerprint density at radius 3 is 2.79 bits per heavy atom. The van der Waals surface area contributed by atoms with Gasteiger partial charge in [0.2, 0.25) is 0 Å². The number of ether oxygens (including phenoxy) is 1. The molecule has 2 rings (SSSR count). The Bertz CT molecular complexity index is 530. The maximum Gasteiger partial charge on any atom is 0.153 e. The van der Waals surface area contributed by atoms with Crippen LogP contribution in [0.3, 0.4) is 0 Å². The summed E-state index contributed by atoms with van der Waals surface area (Å²) in [5.74, 6) is 1.48. The maximum absolute atomic E-state index is 5.76. The highest BCUT2D eigenvalue weighted by molar-refractivity contribution is 6.29. The fourth-order valence-electron chi connectivity index (χ4n) is 1.49. The van der Waals surface area contributed by atoms with Gasteiger partial charge < -0.3 is 10.1 Å². The normalized spacial score (nSPS) is 11.9. The first-order chi connectivity index (χ1) is 9.17. The van der Waals surface area contributed by atoms with Crippen molar-refractivity contribution in [3.8, 4) is 5.75 Å². The van der Waals surface area contributed by atoms with Crippen LogP contribution in [0.4, 0.5) is 11.5 Å². The van der Waals surface area contributed by atoms with E-state index in [0.717, 1.165) is 17.9 Å². The predicted molar refractivity (Wildman–Crippen MR) is 77.1 cm³/mol. The second kappa shape index (κ2) is 6.38. The molecule has 1 unspecified atom stereocenters. The molecule has 4 nitrogen and oxygen atoms in total. The molecule has 1 N–H and O–H groups in total. The fourth-order valence-corrected chi connectivity index (χ4v) is 1.59. The number of nitrogens with one attached hydrogen (secondary N) is 1. The summed E-state index contributed by atoms with van der Waals surface area (Å²) >= 11 is 5.69. The lowest BCUT2D eigenvalue weighted by Gasteiger charge is -2.13. The van der Waals surface area contributed by atoms with Crippen LogP contribution in [-0.4, -0.2) is 16.3 Å². The summed E-state index contributed by atoms with van der Waals surface area (Å²) in [6, 6.07) is 11.2. The Morgan fingerprint density at radius 2 is 2.11 bits per heavy atom. The molecule has 5 heteroatoms. The SMILES string of the molecule is CCC(C)Oc1cccc(Nc2ccc(Cl)nn2)c1. The van der Waals surface area contributed by atoms with E-state index < -0.39 is 0 Å². The van der Waals surface area contributed by atoms with E-state index in [4.69, 9.17) is 16.3 Å². The van der Waals surface area contributed by atoms with Crippen LogP contribution in [0.2, 0.25) is 5.15 Å². The number of benzene rings is 1. The fraction of sp³-hybridized carbons (Fsp3) is 0.286. The molecule has 0 saturated carbocycles. The molecule has 0 spiro atoms. The molecule has 0 radical (unpaired) electrons. The highest BCUT2D eigenvalue weighted by atomic mass is 35.5. The van der Waals surface area contributed by atoms with Crippen molar-refractivity contribution in [2.75, 3.05) is 5.32 Å². The first kappa shape index (κ1) is 13.6. The molecule has 1 heterocycles. The Balaban J connectivity index is 2.08. The standard InChI is InChI=1S/C14H16ClN3O/c1-3-10(2)19-12-6-4-5-11(9-12)16-14-8-7-13(15)17-18-14/h4-10H,3H2,1-2H3,(H,16,18). The third kappa shape index (κ3) is 4.10. The molecule has 1 aromatic carbocycles. The molecule has 2 aromatic rings. The van der Waals surface area contributed by atoms with Crippen molar-refractivity contribution >= 4 is 23.1 Å². The molecular formula is C14H16ClN3O. The second-order valence-corrected chi connectivity index (χ2v) is 4.62. The average molecular weight is 278 g/mol. The van der Waals surface area contributed by atoms with Crippen molar-refractivity contribution in [3.05, 3.63) is 41.6 Å². The average Bonchev–Trinajstić information content (AvgIpc) is 2.42. The minimum atomic E-state index is 0.200. The zero-order valence-corrected chi connectivity index (χ0v) is 11.7. The molecule has 100 valence electrons. The van der Waals surface area contributed by atoms with Crippen LogP contribution < -0.4 is 10.1 Å². The van der Waals surface area contributed by atoms with Crippen molar-refractivity contribution in [1.82, 2.24) is 10.2 Å². The number of aromatic nitrogens is 2. The van der Waals surface area contributed by atoms with E-state index in [-0.39, 0.29) is 6.10 Å². The van der Waals surface area contributed by atoms with E-state index in [1.165, 1.54) is 0 Å². The molecule has 1 aromatic heterocycles. The maximum atomic E-state index is 5.76. The van der Waals surface area contributed by atoms with Crippen LogP contribution in [0.15, 0.2) is 36.4 Å². The molecule has 19 heavy (non-hydrogen) atoms. The first-order valence-corrected chi connectivity index (χ1v) is 6.58. The molecule has 0 amide bonds. The molecule has 0 aliphatic rings. The van der Waals surface area contributed by atoms with E-state index in [0.29, 0.717) is 11.0 Å². The minimum Gasteiger partial charge on any atom is -0.491 e. The van der Waals surface area contributed by atoms with E-state index in [1.54, 1.807) is 12.1 Å². The summed E-state index contributed by atoms with van der Waals surface area (Å²) in [7, 11) is 0. The van der Waals surface area contributed by atoms with Crippen molar-refractivity contribution in [3.63, 3.8) is 0 Å². The quantitative estimate of drug-likeness (QED) is 0.895. The van der Waals surface area contributed by atoms with Gasteiger partial charge in [-0.15, -0.1) is 10.2 Å². The topological polar surface area (TPSA) is 47.0 Å². The Morgan fingerprint density at radius 1 is 1.26 bits per heavy atom. The lowest BCUT2D eigenvalue weighted by molar-refractivity contribution is 0.217. The van der Waals surface area contributed by atoms with Gasteiger partial charge in [0.1, 0.15) is 5.75 Å². The first-order valence-electron chi connectivity index (χ1n) is 6.20. The molecule has 0 aliphatic carbocycles. The van der Waals surface area contributed by atoms with Gasteiger partial charge in [0.15, 0.2) is 11.0 Å². The third-order valence-electron chi connectivity index (χ3n) is 2.65. The molecule has 0 bridgehead atoms. The van der Waals surface area contributed by atoms with Gasteiger partial charge in [0, 0.05) is 11.8 Å². The summed E-state index contributed by atoms with van der Waals surface area (Å²) in [6.45, 7) is 4.14. The van der Waals surface area contributed by atoms with Crippen LogP contribution in [0.5, 0.6) is 5.75 Å². The van der Waals surface area contributed by atoms with Gasteiger partial charge in [0.05, 0.1) is 6.10 Å². The number of anilines is 2. The number of hydrogen-bond donors (Lipinski definition) is 1. The lowest BCUT2D eigenvalue weighted by atomic mass is 10.2. The highest BCUT2D eigenvalue weighted by Gasteiger charge is 2.03. The zero-order chi connectivity index (χ0) is 13.7. The van der Waals surface area contributed by atoms with Gasteiger partial charge in [-0.25, -0.2) is 0 Å². The van der Waals surface area contributed by atoms with Crippen molar-refractivity contribution < 1.29 is 4.74 Å². The smallest absolute Gasteiger partial charge is 0.153 e. The number of hydrogen-bond acceptors (Lipinski definition) is 4. The summed E-state index contributed by atoms with van der Waals surface area (Å²) in [5, 5.41) is 11.3. The van der Waals surface area contributed by atoms with Gasteiger partial charge in [-0.2, -0.15) is 0 Å². The van der Waals surface area contributed by atoms with Gasteiger partial charge in [0.25, 0.3) is 0 Å². The van der Waals surface area contributed by atoms with Crippen LogP contribution in [0.25, 0.3) is 0 Å². The van der Waals surface area contributed by atoms with Crippen LogP contribution in [0, 0.1) is 0 Å². The Hall–Kier alpha value is -1.81. The summed E-state index contributed by atoms with van der Waals surface area (Å²) in [6.07, 6.45) is 1.17. The van der Waals surface area contributed by atoms with E-state index in [1.807, 2.05) is 31.2 Å². The van der Waals surface area contributed by atoms with Gasteiger partial charge in [-0.3, -0.25) is 0 Å². The van der Waals surface area contributed by atoms with Crippen LogP contribution >= 0.6 is 11.6 Å². The molecule has 1 atom stereocenters. The van der Waals surface area contributed by atoms with Crippen molar-refractivity contribution in [2.24, 2.45) is 0 Å². The van der Waals surface area contributed by atoms with Gasteiger partial charge in [-0.1, -0.05) is 24.6 Å². The zero-order valence-electron chi connectivity index (χ0n) is 10.9. The molecule has 0 aliphatic heterocycles. The Kier molecular flexibility index (Phi) is 4.58. The molecule has 0 saturated heterocycles. The largest absolute Gasteiger partial charge is 0.491 e. The van der Waals surface area contributed by atoms with Gasteiger partial charge in [-0.05, 0) is 37.6 Å². The number of rotatable bonds is 5. The van der Waals surface area contributed by atoms with Crippen LogP contribution in [0.1, 0.15) is 20.3 Å². The van der Waals surface area contributed by atoms with E-state index in [9.17, 15) is 0 Å². The molecular weight excluding hydrogens is 262 g/mol. The van der Waals surface area contributed by atoms with Crippen LogP contribution in [-0.2, 0) is 0 Å². The Labute approximate surface area is 117 Å². The lowest BCUT2D eigenvalue weighted by Crippen LogP contribution is -2.09. The number of nitrogens with zero attached hydrogens (tertiary/aromatic N) is 2. The monoisotopic (exact) mass is 277 g/mol. The van der Waals surface area contributed by atoms with Gasteiger partial charge >= 0.3 is 0 Å². The summed E-state index contributed by atoms with van der Waals surface area (Å²) in [4.78, 5) is 0. The van der Waals surface area contributed by atoms with E-state index >= 15 is 0 Å². The predicted octanol–water partition coefficient (Wildman–Crippen LogP) is 4.05. The minimum absolute atomic E-state index is 0.200.